The van der Waals surface area contributed by atoms with Crippen LogP contribution >= 0.6 is 11.8 Å². The van der Waals surface area contributed by atoms with E-state index in [4.69, 9.17) is 10.5 Å². The molecule has 1 rings (SSSR count). The van der Waals surface area contributed by atoms with Crippen molar-refractivity contribution in [2.75, 3.05) is 18.6 Å². The molecule has 0 saturated heterocycles. The highest BCUT2D eigenvalue weighted by Gasteiger charge is 2.09. The van der Waals surface area contributed by atoms with E-state index in [1.807, 2.05) is 32.0 Å². The first-order chi connectivity index (χ1) is 8.54. The van der Waals surface area contributed by atoms with Crippen molar-refractivity contribution in [1.29, 1.82) is 0 Å². The molecule has 4 nitrogen and oxygen atoms in total. The first-order valence-electron chi connectivity index (χ1n) is 5.79. The van der Waals surface area contributed by atoms with Gasteiger partial charge in [-0.1, -0.05) is 6.07 Å². The Morgan fingerprint density at radius 2 is 2.17 bits per heavy atom. The number of nitrogen functional groups attached to an aromatic ring is 1. The summed E-state index contributed by atoms with van der Waals surface area (Å²) in [6, 6.07) is 5.67. The third kappa shape index (κ3) is 4.49. The summed E-state index contributed by atoms with van der Waals surface area (Å²) in [6.45, 7) is 3.91. The zero-order valence-corrected chi connectivity index (χ0v) is 11.8. The maximum atomic E-state index is 11.0. The maximum Gasteiger partial charge on any atom is 0.306 e. The Bertz CT molecular complexity index is 407. The lowest BCUT2D eigenvalue weighted by molar-refractivity contribution is -0.140. The van der Waals surface area contributed by atoms with Crippen molar-refractivity contribution in [2.45, 2.75) is 31.3 Å². The third-order valence-corrected chi connectivity index (χ3v) is 3.26. The Kier molecular flexibility index (Phi) is 5.85. The fourth-order valence-electron chi connectivity index (χ4n) is 1.35. The van der Waals surface area contributed by atoms with Crippen LogP contribution in [-0.4, -0.2) is 24.9 Å². The number of anilines is 1. The highest BCUT2D eigenvalue weighted by atomic mass is 32.2. The minimum atomic E-state index is -0.212. The van der Waals surface area contributed by atoms with E-state index in [9.17, 15) is 4.79 Å². The van der Waals surface area contributed by atoms with Crippen molar-refractivity contribution >= 4 is 23.4 Å². The van der Waals surface area contributed by atoms with Crippen LogP contribution in [0.15, 0.2) is 23.1 Å². The molecule has 1 aromatic carbocycles. The minimum Gasteiger partial charge on any atom is -0.489 e. The molecule has 0 spiro atoms. The summed E-state index contributed by atoms with van der Waals surface area (Å²) in [5.41, 5.74) is 6.64. The summed E-state index contributed by atoms with van der Waals surface area (Å²) in [6.07, 6.45) is 0.457. The Morgan fingerprint density at radius 1 is 1.44 bits per heavy atom. The predicted octanol–water partition coefficient (Wildman–Crippen LogP) is 2.71. The molecule has 0 amide bonds. The Morgan fingerprint density at radius 3 is 2.78 bits per heavy atom. The fraction of sp³-hybridized carbons (Fsp3) is 0.462. The molecule has 0 aromatic heterocycles. The quantitative estimate of drug-likeness (QED) is 0.489. The summed E-state index contributed by atoms with van der Waals surface area (Å²) in [7, 11) is 1.39. The number of rotatable bonds is 6. The molecule has 1 aromatic rings. The number of ether oxygens (including phenoxy) is 2. The molecule has 0 radical (unpaired) electrons. The van der Waals surface area contributed by atoms with Crippen LogP contribution < -0.4 is 10.5 Å². The molecular formula is C13H19NO3S. The lowest BCUT2D eigenvalue weighted by Gasteiger charge is -2.14. The van der Waals surface area contributed by atoms with Crippen LogP contribution in [0, 0.1) is 0 Å². The van der Waals surface area contributed by atoms with Gasteiger partial charge in [-0.15, -0.1) is 11.8 Å². The van der Waals surface area contributed by atoms with Gasteiger partial charge < -0.3 is 15.2 Å². The van der Waals surface area contributed by atoms with E-state index in [-0.39, 0.29) is 12.1 Å². The first kappa shape index (κ1) is 14.7. The number of hydrogen-bond donors (Lipinski definition) is 1. The standard InChI is InChI=1S/C13H19NO3S/c1-9(2)17-10-5-4-6-11(13(10)14)18-8-7-12(15)16-3/h4-6,9H,7-8,14H2,1-3H3. The number of carbonyl (C=O) groups excluding carboxylic acids is 1. The second-order valence-corrected chi connectivity index (χ2v) is 5.15. The molecule has 0 unspecified atom stereocenters. The van der Waals surface area contributed by atoms with Crippen molar-refractivity contribution in [3.05, 3.63) is 18.2 Å². The smallest absolute Gasteiger partial charge is 0.306 e. The van der Waals surface area contributed by atoms with Crippen LogP contribution in [-0.2, 0) is 9.53 Å². The topological polar surface area (TPSA) is 61.5 Å². The van der Waals surface area contributed by atoms with Gasteiger partial charge in [0.1, 0.15) is 5.75 Å². The van der Waals surface area contributed by atoms with Crippen molar-refractivity contribution < 1.29 is 14.3 Å². The maximum absolute atomic E-state index is 11.0. The van der Waals surface area contributed by atoms with Crippen LogP contribution in [0.4, 0.5) is 5.69 Å². The van der Waals surface area contributed by atoms with Gasteiger partial charge >= 0.3 is 5.97 Å². The largest absolute Gasteiger partial charge is 0.489 e. The van der Waals surface area contributed by atoms with Crippen LogP contribution in [0.1, 0.15) is 20.3 Å². The molecule has 0 atom stereocenters. The summed E-state index contributed by atoms with van der Waals surface area (Å²) in [5.74, 6) is 1.12. The van der Waals surface area contributed by atoms with Gasteiger partial charge in [0, 0.05) is 10.6 Å². The van der Waals surface area contributed by atoms with Gasteiger partial charge in [-0.05, 0) is 26.0 Å². The number of benzene rings is 1. The van der Waals surface area contributed by atoms with Crippen molar-refractivity contribution in [2.24, 2.45) is 0 Å². The summed E-state index contributed by atoms with van der Waals surface area (Å²) in [5, 5.41) is 0. The molecule has 0 aliphatic rings. The number of thioether (sulfide) groups is 1. The predicted molar refractivity (Wildman–Crippen MR) is 74.0 cm³/mol. The average molecular weight is 269 g/mol. The molecule has 100 valence electrons. The fourth-order valence-corrected chi connectivity index (χ4v) is 2.27. The Hall–Kier alpha value is -1.36. The molecule has 18 heavy (non-hydrogen) atoms. The van der Waals surface area contributed by atoms with Crippen molar-refractivity contribution in [1.82, 2.24) is 0 Å². The molecule has 0 fully saturated rings. The third-order valence-electron chi connectivity index (χ3n) is 2.18. The van der Waals surface area contributed by atoms with Gasteiger partial charge in [-0.25, -0.2) is 0 Å². The van der Waals surface area contributed by atoms with E-state index in [0.29, 0.717) is 23.6 Å². The highest BCUT2D eigenvalue weighted by molar-refractivity contribution is 7.99. The SMILES string of the molecule is COC(=O)CCSc1cccc(OC(C)C)c1N. The normalized spacial score (nSPS) is 10.4. The molecule has 0 aliphatic heterocycles. The number of nitrogens with two attached hydrogens (primary N) is 1. The van der Waals surface area contributed by atoms with E-state index in [1.54, 1.807) is 0 Å². The number of carbonyl (C=O) groups is 1. The number of para-hydroxylation sites is 1. The number of esters is 1. The van der Waals surface area contributed by atoms with Gasteiger partial charge in [0.05, 0.1) is 25.3 Å². The zero-order valence-electron chi connectivity index (χ0n) is 10.9. The summed E-state index contributed by atoms with van der Waals surface area (Å²) < 4.78 is 10.2. The molecule has 0 saturated carbocycles. The van der Waals surface area contributed by atoms with E-state index in [2.05, 4.69) is 4.74 Å². The molecule has 0 aliphatic carbocycles. The van der Waals surface area contributed by atoms with Crippen LogP contribution in [0.3, 0.4) is 0 Å². The van der Waals surface area contributed by atoms with Crippen molar-refractivity contribution in [3.8, 4) is 5.75 Å². The summed E-state index contributed by atoms with van der Waals surface area (Å²) >= 11 is 1.53. The van der Waals surface area contributed by atoms with E-state index in [1.165, 1.54) is 18.9 Å². The summed E-state index contributed by atoms with van der Waals surface area (Å²) in [4.78, 5) is 11.9. The molecular weight excluding hydrogens is 250 g/mol. The lowest BCUT2D eigenvalue weighted by atomic mass is 10.3. The van der Waals surface area contributed by atoms with Gasteiger partial charge in [0.15, 0.2) is 0 Å². The van der Waals surface area contributed by atoms with E-state index in [0.717, 1.165) is 4.90 Å². The molecule has 0 heterocycles. The first-order valence-corrected chi connectivity index (χ1v) is 6.78. The Labute approximate surface area is 112 Å². The molecule has 0 bridgehead atoms. The number of methoxy groups -OCH3 is 1. The second-order valence-electron chi connectivity index (χ2n) is 4.01. The second kappa shape index (κ2) is 7.16. The van der Waals surface area contributed by atoms with Gasteiger partial charge in [0.25, 0.3) is 0 Å². The highest BCUT2D eigenvalue weighted by Crippen LogP contribution is 2.33. The van der Waals surface area contributed by atoms with Crippen LogP contribution in [0.5, 0.6) is 5.75 Å². The van der Waals surface area contributed by atoms with Gasteiger partial charge in [0.2, 0.25) is 0 Å². The van der Waals surface area contributed by atoms with E-state index >= 15 is 0 Å². The molecule has 2 N–H and O–H groups in total. The van der Waals surface area contributed by atoms with Gasteiger partial charge in [-0.3, -0.25) is 4.79 Å². The van der Waals surface area contributed by atoms with Crippen LogP contribution in [0.25, 0.3) is 0 Å². The Balaban J connectivity index is 2.63. The zero-order chi connectivity index (χ0) is 13.5. The number of hydrogen-bond acceptors (Lipinski definition) is 5. The van der Waals surface area contributed by atoms with Crippen LogP contribution in [0.2, 0.25) is 0 Å². The van der Waals surface area contributed by atoms with Crippen molar-refractivity contribution in [3.63, 3.8) is 0 Å². The lowest BCUT2D eigenvalue weighted by Crippen LogP contribution is -2.08. The monoisotopic (exact) mass is 269 g/mol. The van der Waals surface area contributed by atoms with E-state index < -0.39 is 0 Å². The van der Waals surface area contributed by atoms with Gasteiger partial charge in [-0.2, -0.15) is 0 Å². The average Bonchev–Trinajstić information content (AvgIpc) is 2.33. The minimum absolute atomic E-state index is 0.0858. The molecule has 5 heteroatoms.